The second kappa shape index (κ2) is 10.2. The predicted octanol–water partition coefficient (Wildman–Crippen LogP) is 4.81. The van der Waals surface area contributed by atoms with Crippen molar-refractivity contribution in [2.75, 3.05) is 43.4 Å². The van der Waals surface area contributed by atoms with Crippen LogP contribution in [0.15, 0.2) is 34.1 Å². The molecule has 0 saturated carbocycles. The molecular formula is C21H26BrClN4O3S. The number of nitrogens with one attached hydrogen (secondary N) is 2. The number of nitrogens with zero attached hydrogens (tertiary/aromatic N) is 2. The van der Waals surface area contributed by atoms with Gasteiger partial charge in [-0.15, -0.1) is 0 Å². The Morgan fingerprint density at radius 3 is 2.61 bits per heavy atom. The summed E-state index contributed by atoms with van der Waals surface area (Å²) in [6.45, 7) is 7.11. The highest BCUT2D eigenvalue weighted by atomic mass is 79.9. The minimum Gasteiger partial charge on any atom is -0.399 e. The Kier molecular flexibility index (Phi) is 7.85. The highest BCUT2D eigenvalue weighted by Crippen LogP contribution is 2.30. The Morgan fingerprint density at radius 1 is 1.16 bits per heavy atom. The molecule has 1 fully saturated rings. The van der Waals surface area contributed by atoms with E-state index in [1.807, 2.05) is 12.1 Å². The predicted molar refractivity (Wildman–Crippen MR) is 130 cm³/mol. The maximum atomic E-state index is 12.8. The summed E-state index contributed by atoms with van der Waals surface area (Å²) in [6, 6.07) is 8.94. The van der Waals surface area contributed by atoms with Crippen LogP contribution in [0.5, 0.6) is 5.06 Å². The van der Waals surface area contributed by atoms with Gasteiger partial charge in [0.15, 0.2) is 5.06 Å². The number of hydrogen-bond donors (Lipinski definition) is 2. The molecule has 0 unspecified atom stereocenters. The summed E-state index contributed by atoms with van der Waals surface area (Å²) in [5.41, 5.74) is 0.334. The van der Waals surface area contributed by atoms with Gasteiger partial charge in [0, 0.05) is 25.3 Å². The van der Waals surface area contributed by atoms with E-state index in [9.17, 15) is 9.59 Å². The van der Waals surface area contributed by atoms with Crippen molar-refractivity contribution in [1.82, 2.24) is 10.2 Å². The van der Waals surface area contributed by atoms with E-state index in [1.165, 1.54) is 11.3 Å². The second-order valence-corrected chi connectivity index (χ2v) is 10.8. The van der Waals surface area contributed by atoms with E-state index in [4.69, 9.17) is 16.3 Å². The van der Waals surface area contributed by atoms with Crippen molar-refractivity contribution >= 4 is 62.2 Å². The molecule has 1 aliphatic rings. The lowest BCUT2D eigenvalue weighted by atomic mass is 10.0. The number of halogens is 2. The molecule has 0 bridgehead atoms. The Bertz CT molecular complexity index is 952. The first-order valence-electron chi connectivity index (χ1n) is 9.94. The molecule has 2 amide bonds. The van der Waals surface area contributed by atoms with E-state index in [0.29, 0.717) is 15.8 Å². The molecule has 1 aromatic heterocycles. The van der Waals surface area contributed by atoms with Crippen molar-refractivity contribution in [3.8, 4) is 5.06 Å². The van der Waals surface area contributed by atoms with Gasteiger partial charge in [-0.1, -0.05) is 22.9 Å². The minimum absolute atomic E-state index is 0.378. The zero-order valence-electron chi connectivity index (χ0n) is 17.7. The molecule has 0 aliphatic carbocycles. The van der Waals surface area contributed by atoms with Crippen molar-refractivity contribution in [3.05, 3.63) is 39.1 Å². The van der Waals surface area contributed by atoms with E-state index >= 15 is 0 Å². The zero-order valence-corrected chi connectivity index (χ0v) is 20.9. The number of rotatable bonds is 5. The Morgan fingerprint density at radius 2 is 1.94 bits per heavy atom. The molecule has 31 heavy (non-hydrogen) atoms. The molecule has 168 valence electrons. The van der Waals surface area contributed by atoms with Gasteiger partial charge in [0.1, 0.15) is 5.54 Å². The van der Waals surface area contributed by atoms with Gasteiger partial charge >= 0.3 is 6.09 Å². The molecule has 0 radical (unpaired) electrons. The van der Waals surface area contributed by atoms with Gasteiger partial charge in [-0.2, -0.15) is 0 Å². The Labute approximate surface area is 199 Å². The zero-order chi connectivity index (χ0) is 22.6. The summed E-state index contributed by atoms with van der Waals surface area (Å²) >= 11 is 11.1. The standard InChI is InChI=1S/C21H26BrClN4O3S/c1-21(2,25-20(29)30-18-8-7-17(22)31-18)19(28)24-14-5-6-16(15(23)13-14)27-10-4-9-26(3)11-12-27/h5-8,13H,4,9-12H2,1-3H3,(H,24,28)(H,25,29). The fourth-order valence-electron chi connectivity index (χ4n) is 3.20. The Hall–Kier alpha value is -1.81. The second-order valence-electron chi connectivity index (χ2n) is 7.96. The number of hydrogen-bond acceptors (Lipinski definition) is 6. The van der Waals surface area contributed by atoms with Gasteiger partial charge in [0.05, 0.1) is 14.5 Å². The number of ether oxygens (including phenoxy) is 1. The smallest absolute Gasteiger partial charge is 0.399 e. The third-order valence-corrected chi connectivity index (χ3v) is 6.79. The molecule has 2 N–H and O–H groups in total. The molecule has 3 rings (SSSR count). The summed E-state index contributed by atoms with van der Waals surface area (Å²) in [4.78, 5) is 29.5. The molecule has 1 aromatic carbocycles. The number of amides is 2. The van der Waals surface area contributed by atoms with Gasteiger partial charge in [-0.25, -0.2) is 4.79 Å². The molecule has 1 saturated heterocycles. The number of likely N-dealkylation sites (N-methyl/N-ethyl adjacent to an activating group) is 1. The van der Waals surface area contributed by atoms with Gasteiger partial charge in [-0.3, -0.25) is 4.79 Å². The number of thiophene rings is 1. The van der Waals surface area contributed by atoms with Crippen molar-refractivity contribution in [3.63, 3.8) is 0 Å². The van der Waals surface area contributed by atoms with Gasteiger partial charge in [0.2, 0.25) is 5.91 Å². The molecule has 1 aliphatic heterocycles. The van der Waals surface area contributed by atoms with E-state index in [2.05, 4.69) is 43.4 Å². The lowest BCUT2D eigenvalue weighted by Crippen LogP contribution is -2.53. The van der Waals surface area contributed by atoms with Gasteiger partial charge in [-0.05, 0) is 80.1 Å². The summed E-state index contributed by atoms with van der Waals surface area (Å²) < 4.78 is 6.07. The van der Waals surface area contributed by atoms with Gasteiger partial charge < -0.3 is 25.2 Å². The summed E-state index contributed by atoms with van der Waals surface area (Å²) in [6.07, 6.45) is 0.373. The topological polar surface area (TPSA) is 73.9 Å². The van der Waals surface area contributed by atoms with Crippen molar-refractivity contribution in [1.29, 1.82) is 0 Å². The number of carbonyl (C=O) groups excluding carboxylic acids is 2. The molecule has 2 aromatic rings. The van der Waals surface area contributed by atoms with Crippen LogP contribution in [0.3, 0.4) is 0 Å². The maximum absolute atomic E-state index is 12.8. The lowest BCUT2D eigenvalue weighted by Gasteiger charge is -2.26. The normalized spacial score (nSPS) is 15.3. The lowest BCUT2D eigenvalue weighted by molar-refractivity contribution is -0.121. The minimum atomic E-state index is -1.19. The third kappa shape index (κ3) is 6.58. The largest absolute Gasteiger partial charge is 0.414 e. The van der Waals surface area contributed by atoms with Crippen LogP contribution in [0.1, 0.15) is 20.3 Å². The van der Waals surface area contributed by atoms with Crippen LogP contribution in [0.25, 0.3) is 0 Å². The van der Waals surface area contributed by atoms with E-state index in [-0.39, 0.29) is 5.91 Å². The van der Waals surface area contributed by atoms with Crippen LogP contribution in [-0.2, 0) is 4.79 Å². The van der Waals surface area contributed by atoms with Crippen LogP contribution in [0, 0.1) is 0 Å². The molecular weight excluding hydrogens is 504 g/mol. The molecule has 7 nitrogen and oxygen atoms in total. The van der Waals surface area contributed by atoms with Gasteiger partial charge in [0.25, 0.3) is 0 Å². The molecule has 0 atom stereocenters. The van der Waals surface area contributed by atoms with Crippen LogP contribution in [0.4, 0.5) is 16.2 Å². The third-order valence-electron chi connectivity index (χ3n) is 4.99. The van der Waals surface area contributed by atoms with E-state index in [1.54, 1.807) is 32.0 Å². The van der Waals surface area contributed by atoms with Crippen LogP contribution >= 0.6 is 38.9 Å². The van der Waals surface area contributed by atoms with E-state index < -0.39 is 11.6 Å². The number of carbonyl (C=O) groups is 2. The average Bonchev–Trinajstić information content (AvgIpc) is 2.96. The molecule has 0 spiro atoms. The first kappa shape index (κ1) is 23.8. The fraction of sp³-hybridized carbons (Fsp3) is 0.429. The number of anilines is 2. The van der Waals surface area contributed by atoms with Crippen molar-refractivity contribution in [2.45, 2.75) is 25.8 Å². The Balaban J connectivity index is 1.60. The first-order valence-corrected chi connectivity index (χ1v) is 11.9. The summed E-state index contributed by atoms with van der Waals surface area (Å²) in [5, 5.41) is 6.43. The summed E-state index contributed by atoms with van der Waals surface area (Å²) in [5.74, 6) is -0.378. The highest BCUT2D eigenvalue weighted by Gasteiger charge is 2.31. The highest BCUT2D eigenvalue weighted by molar-refractivity contribution is 9.11. The molecule has 2 heterocycles. The van der Waals surface area contributed by atoms with Crippen LogP contribution in [0.2, 0.25) is 5.02 Å². The van der Waals surface area contributed by atoms with Crippen LogP contribution < -0.4 is 20.3 Å². The molecule has 10 heteroatoms. The number of benzene rings is 1. The van der Waals surface area contributed by atoms with Crippen molar-refractivity contribution < 1.29 is 14.3 Å². The first-order chi connectivity index (χ1) is 14.6. The maximum Gasteiger partial charge on any atom is 0.414 e. The average molecular weight is 530 g/mol. The van der Waals surface area contributed by atoms with Crippen LogP contribution in [-0.4, -0.2) is 55.7 Å². The SMILES string of the molecule is CN1CCCN(c2ccc(NC(=O)C(C)(C)NC(=O)Oc3ccc(Br)s3)cc2Cl)CC1. The van der Waals surface area contributed by atoms with E-state index in [0.717, 1.165) is 42.1 Å². The fourth-order valence-corrected chi connectivity index (χ4v) is 4.69. The van der Waals surface area contributed by atoms with Crippen molar-refractivity contribution in [2.24, 2.45) is 0 Å². The monoisotopic (exact) mass is 528 g/mol. The summed E-state index contributed by atoms with van der Waals surface area (Å²) in [7, 11) is 2.12. The quantitative estimate of drug-likeness (QED) is 0.581.